The van der Waals surface area contributed by atoms with Crippen molar-refractivity contribution in [2.45, 2.75) is 13.1 Å². The largest absolute Gasteiger partial charge is 0.433 e. The molecule has 0 radical (unpaired) electrons. The van der Waals surface area contributed by atoms with Gasteiger partial charge in [-0.05, 0) is 30.0 Å². The minimum absolute atomic E-state index is 0.250. The Hall–Kier alpha value is -3.40. The summed E-state index contributed by atoms with van der Waals surface area (Å²) in [4.78, 5) is 27.6. The Morgan fingerprint density at radius 1 is 1.36 bits per heavy atom. The zero-order valence-electron chi connectivity index (χ0n) is 14.7. The van der Waals surface area contributed by atoms with Crippen molar-refractivity contribution in [2.75, 3.05) is 5.75 Å². The van der Waals surface area contributed by atoms with Crippen LogP contribution in [0, 0.1) is 10.1 Å². The van der Waals surface area contributed by atoms with Gasteiger partial charge in [-0.15, -0.1) is 5.10 Å². The number of nitrogens with zero attached hydrogens (tertiary/aromatic N) is 4. The number of hydrogen-bond donors (Lipinski definition) is 1. The molecule has 142 valence electrons. The summed E-state index contributed by atoms with van der Waals surface area (Å²) in [6.07, 6.45) is 2.68. The summed E-state index contributed by atoms with van der Waals surface area (Å²) < 4.78 is 5.15. The third-order valence-corrected chi connectivity index (χ3v) is 4.80. The van der Waals surface area contributed by atoms with E-state index in [1.807, 2.05) is 31.2 Å². The molecule has 2 aromatic rings. The zero-order chi connectivity index (χ0) is 19.7. The van der Waals surface area contributed by atoms with Crippen LogP contribution in [0.25, 0.3) is 11.8 Å². The predicted octanol–water partition coefficient (Wildman–Crippen LogP) is 1.42. The molecular formula is C18H15N5O4S. The second-order valence-corrected chi connectivity index (χ2v) is 7.09. The van der Waals surface area contributed by atoms with Gasteiger partial charge in [-0.2, -0.15) is 0 Å². The first-order valence-corrected chi connectivity index (χ1v) is 9.47. The van der Waals surface area contributed by atoms with Crippen LogP contribution in [0.4, 0.5) is 5.88 Å². The quantitative estimate of drug-likeness (QED) is 0.617. The summed E-state index contributed by atoms with van der Waals surface area (Å²) >= 11 is 1.42. The Labute approximate surface area is 163 Å². The van der Waals surface area contributed by atoms with Gasteiger partial charge in [-0.25, -0.2) is 5.01 Å². The lowest BCUT2D eigenvalue weighted by atomic mass is 10.1. The van der Waals surface area contributed by atoms with Crippen LogP contribution in [-0.2, 0) is 4.79 Å². The second-order valence-electron chi connectivity index (χ2n) is 5.84. The molecule has 0 bridgehead atoms. The van der Waals surface area contributed by atoms with Gasteiger partial charge in [0.15, 0.2) is 11.3 Å². The Kier molecular flexibility index (Phi) is 4.70. The number of benzene rings is 1. The van der Waals surface area contributed by atoms with Crippen LogP contribution in [0.2, 0.25) is 0 Å². The highest BCUT2D eigenvalue weighted by atomic mass is 32.2. The number of nitro groups is 1. The molecule has 0 saturated carbocycles. The molecule has 1 aromatic heterocycles. The van der Waals surface area contributed by atoms with E-state index in [2.05, 4.69) is 15.4 Å². The molecule has 1 N–H and O–H groups in total. The molecule has 1 aromatic carbocycles. The first-order chi connectivity index (χ1) is 13.6. The summed E-state index contributed by atoms with van der Waals surface area (Å²) in [5.74, 6) is 0.484. The lowest BCUT2D eigenvalue weighted by molar-refractivity contribution is -0.402. The number of carbonyl (C=O) groups is 1. The fourth-order valence-corrected chi connectivity index (χ4v) is 3.48. The van der Waals surface area contributed by atoms with E-state index in [-0.39, 0.29) is 11.8 Å². The molecular weight excluding hydrogens is 382 g/mol. The highest BCUT2D eigenvalue weighted by Crippen LogP contribution is 2.23. The van der Waals surface area contributed by atoms with Gasteiger partial charge in [0.1, 0.15) is 16.4 Å². The number of hydrogen-bond acceptors (Lipinski definition) is 8. The molecule has 28 heavy (non-hydrogen) atoms. The molecule has 3 heterocycles. The van der Waals surface area contributed by atoms with Gasteiger partial charge >= 0.3 is 5.88 Å². The van der Waals surface area contributed by atoms with E-state index in [0.717, 1.165) is 5.75 Å². The smallest absolute Gasteiger partial charge is 0.401 e. The first-order valence-electron chi connectivity index (χ1n) is 8.48. The second kappa shape index (κ2) is 7.31. The highest BCUT2D eigenvalue weighted by molar-refractivity contribution is 8.13. The summed E-state index contributed by atoms with van der Waals surface area (Å²) in [5.41, 5.74) is 0.408. The Morgan fingerprint density at radius 2 is 2.18 bits per heavy atom. The van der Waals surface area contributed by atoms with E-state index in [0.29, 0.717) is 27.2 Å². The number of hydrazone groups is 1. The molecule has 2 aliphatic rings. The summed E-state index contributed by atoms with van der Waals surface area (Å²) in [6, 6.07) is 10.1. The van der Waals surface area contributed by atoms with Crippen molar-refractivity contribution in [2.24, 2.45) is 10.1 Å². The summed E-state index contributed by atoms with van der Waals surface area (Å²) in [6.45, 7) is 1.97. The van der Waals surface area contributed by atoms with E-state index in [4.69, 9.17) is 4.42 Å². The number of furan rings is 1. The minimum atomic E-state index is -0.599. The molecule has 10 heteroatoms. The van der Waals surface area contributed by atoms with Crippen molar-refractivity contribution in [3.63, 3.8) is 0 Å². The lowest BCUT2D eigenvalue weighted by Gasteiger charge is -2.32. The SMILES string of the molecule is CCSC1=NN2C(=c3ccccc3=N[C@@H]2/C=C/c2ccc([N+](=O)[O-])o2)C(=O)N1. The number of amidine groups is 1. The van der Waals surface area contributed by atoms with E-state index in [9.17, 15) is 14.9 Å². The fraction of sp³-hybridized carbons (Fsp3) is 0.167. The highest BCUT2D eigenvalue weighted by Gasteiger charge is 2.32. The Bertz CT molecular complexity index is 1140. The van der Waals surface area contributed by atoms with Crippen LogP contribution in [0.1, 0.15) is 12.7 Å². The van der Waals surface area contributed by atoms with Crippen LogP contribution < -0.4 is 15.9 Å². The molecule has 1 atom stereocenters. The predicted molar refractivity (Wildman–Crippen MR) is 104 cm³/mol. The summed E-state index contributed by atoms with van der Waals surface area (Å²) in [5, 5.41) is 21.5. The standard InChI is InChI=1S/C18H15N5O4S/c1-2-28-18-20-17(24)16-12-5-3-4-6-13(12)19-14(22(16)21-18)9-7-11-8-10-15(27-11)23(25)26/h3-10,14H,2H2,1H3,(H,20,21,24)/b9-7+/t14-/m0/s1. The van der Waals surface area contributed by atoms with Crippen LogP contribution in [0.5, 0.6) is 0 Å². The molecule has 0 spiro atoms. The average Bonchev–Trinajstić information content (AvgIpc) is 3.15. The van der Waals surface area contributed by atoms with Gasteiger partial charge in [-0.1, -0.05) is 36.9 Å². The van der Waals surface area contributed by atoms with Gasteiger partial charge < -0.3 is 4.42 Å². The zero-order valence-corrected chi connectivity index (χ0v) is 15.5. The lowest BCUT2D eigenvalue weighted by Crippen LogP contribution is -2.52. The summed E-state index contributed by atoms with van der Waals surface area (Å²) in [7, 11) is 0. The number of fused-ring (bicyclic) bond motifs is 2. The van der Waals surface area contributed by atoms with E-state index in [1.54, 1.807) is 17.2 Å². The number of carbonyl (C=O) groups excluding carboxylic acids is 1. The van der Waals surface area contributed by atoms with Gasteiger partial charge in [0.05, 0.1) is 11.4 Å². The molecule has 9 nitrogen and oxygen atoms in total. The topological polar surface area (TPSA) is 113 Å². The molecule has 0 unspecified atom stereocenters. The third kappa shape index (κ3) is 3.29. The maximum atomic E-state index is 12.7. The maximum absolute atomic E-state index is 12.7. The van der Waals surface area contributed by atoms with Gasteiger partial charge in [0, 0.05) is 5.22 Å². The molecule has 0 saturated heterocycles. The van der Waals surface area contributed by atoms with Crippen molar-refractivity contribution >= 4 is 40.5 Å². The van der Waals surface area contributed by atoms with Crippen LogP contribution in [0.3, 0.4) is 0 Å². The van der Waals surface area contributed by atoms with E-state index < -0.39 is 11.1 Å². The number of rotatable bonds is 4. The van der Waals surface area contributed by atoms with Crippen molar-refractivity contribution in [1.82, 2.24) is 10.3 Å². The number of amides is 1. The third-order valence-electron chi connectivity index (χ3n) is 4.05. The molecule has 4 rings (SSSR count). The monoisotopic (exact) mass is 397 g/mol. The minimum Gasteiger partial charge on any atom is -0.401 e. The Balaban J connectivity index is 1.77. The average molecular weight is 397 g/mol. The normalized spacial score (nSPS) is 18.2. The molecule has 2 aliphatic heterocycles. The number of thioether (sulfide) groups is 1. The first kappa shape index (κ1) is 18.0. The number of para-hydroxylation sites is 1. The maximum Gasteiger partial charge on any atom is 0.433 e. The van der Waals surface area contributed by atoms with Gasteiger partial charge in [0.2, 0.25) is 0 Å². The molecule has 1 amide bonds. The van der Waals surface area contributed by atoms with Crippen LogP contribution in [-0.4, -0.2) is 32.9 Å². The number of nitrogens with one attached hydrogen (secondary N) is 1. The molecule has 0 aliphatic carbocycles. The van der Waals surface area contributed by atoms with Crippen molar-refractivity contribution in [1.29, 1.82) is 0 Å². The van der Waals surface area contributed by atoms with Gasteiger partial charge in [-0.3, -0.25) is 25.2 Å². The van der Waals surface area contributed by atoms with Crippen LogP contribution >= 0.6 is 11.8 Å². The fourth-order valence-electron chi connectivity index (χ4n) is 2.89. The van der Waals surface area contributed by atoms with E-state index >= 15 is 0 Å². The van der Waals surface area contributed by atoms with Crippen LogP contribution in [0.15, 0.2) is 57.0 Å². The van der Waals surface area contributed by atoms with Crippen molar-refractivity contribution < 1.29 is 14.1 Å². The van der Waals surface area contributed by atoms with E-state index in [1.165, 1.54) is 23.9 Å². The van der Waals surface area contributed by atoms with Gasteiger partial charge in [0.25, 0.3) is 5.91 Å². The van der Waals surface area contributed by atoms with Crippen molar-refractivity contribution in [3.05, 3.63) is 68.9 Å². The van der Waals surface area contributed by atoms with Crippen molar-refractivity contribution in [3.8, 4) is 0 Å². The molecule has 0 fully saturated rings. The Morgan fingerprint density at radius 3 is 2.93 bits per heavy atom.